The highest BCUT2D eigenvalue weighted by atomic mass is 19.1. The van der Waals surface area contributed by atoms with Gasteiger partial charge in [-0.3, -0.25) is 4.79 Å². The summed E-state index contributed by atoms with van der Waals surface area (Å²) in [4.78, 5) is 23.1. The molecule has 0 spiro atoms. The monoisotopic (exact) mass is 362 g/mol. The average Bonchev–Trinajstić information content (AvgIpc) is 2.72. The molecule has 0 atom stereocenters. The molecule has 2 heterocycles. The molecule has 136 valence electrons. The number of rotatable bonds is 4. The largest absolute Gasteiger partial charge is 0.366 e. The molecule has 27 heavy (non-hydrogen) atoms. The summed E-state index contributed by atoms with van der Waals surface area (Å²) in [7, 11) is 0. The molecule has 0 aliphatic carbocycles. The van der Waals surface area contributed by atoms with Gasteiger partial charge in [0.1, 0.15) is 23.7 Å². The first kappa shape index (κ1) is 17.1. The SMILES string of the molecule is O=C(c1cc(NCc2ccc(F)cc2)ncn1)N1CCCc2ccccc21. The number of anilines is 2. The van der Waals surface area contributed by atoms with Gasteiger partial charge in [0.25, 0.3) is 5.91 Å². The number of aryl methyl sites for hydroxylation is 1. The molecule has 6 heteroatoms. The maximum atomic E-state index is 13.0. The minimum absolute atomic E-state index is 0.130. The minimum Gasteiger partial charge on any atom is -0.366 e. The molecule has 4 rings (SSSR count). The average molecular weight is 362 g/mol. The molecule has 5 nitrogen and oxygen atoms in total. The van der Waals surface area contributed by atoms with Crippen LogP contribution in [0.25, 0.3) is 0 Å². The zero-order valence-corrected chi connectivity index (χ0v) is 14.7. The molecule has 0 saturated carbocycles. The molecular formula is C21H19FN4O. The Labute approximate surface area is 156 Å². The third-order valence-electron chi connectivity index (χ3n) is 4.63. The van der Waals surface area contributed by atoms with Gasteiger partial charge < -0.3 is 10.2 Å². The Morgan fingerprint density at radius 1 is 1.11 bits per heavy atom. The second-order valence-corrected chi connectivity index (χ2v) is 6.46. The Morgan fingerprint density at radius 2 is 1.93 bits per heavy atom. The number of aromatic nitrogens is 2. The van der Waals surface area contributed by atoms with Crippen molar-refractivity contribution in [1.29, 1.82) is 0 Å². The Balaban J connectivity index is 1.51. The third kappa shape index (κ3) is 3.79. The van der Waals surface area contributed by atoms with Gasteiger partial charge in [-0.05, 0) is 42.2 Å². The van der Waals surface area contributed by atoms with Crippen LogP contribution in [0.5, 0.6) is 0 Å². The van der Waals surface area contributed by atoms with Gasteiger partial charge in [-0.1, -0.05) is 30.3 Å². The predicted octanol–water partition coefficient (Wildman–Crippen LogP) is 3.82. The Bertz CT molecular complexity index is 958. The lowest BCUT2D eigenvalue weighted by atomic mass is 10.0. The smallest absolute Gasteiger partial charge is 0.277 e. The van der Waals surface area contributed by atoms with Crippen molar-refractivity contribution in [3.8, 4) is 0 Å². The van der Waals surface area contributed by atoms with Crippen LogP contribution in [0.15, 0.2) is 60.9 Å². The van der Waals surface area contributed by atoms with E-state index in [9.17, 15) is 9.18 Å². The van der Waals surface area contributed by atoms with E-state index in [2.05, 4.69) is 21.4 Å². The van der Waals surface area contributed by atoms with Crippen LogP contribution >= 0.6 is 0 Å². The van der Waals surface area contributed by atoms with Crippen molar-refractivity contribution in [2.45, 2.75) is 19.4 Å². The maximum absolute atomic E-state index is 13.0. The molecule has 3 aromatic rings. The van der Waals surface area contributed by atoms with Crippen LogP contribution in [0.1, 0.15) is 28.0 Å². The number of hydrogen-bond donors (Lipinski definition) is 1. The third-order valence-corrected chi connectivity index (χ3v) is 4.63. The van der Waals surface area contributed by atoms with Crippen molar-refractivity contribution in [2.75, 3.05) is 16.8 Å². The fraction of sp³-hybridized carbons (Fsp3) is 0.190. The number of nitrogens with zero attached hydrogens (tertiary/aromatic N) is 3. The van der Waals surface area contributed by atoms with Crippen molar-refractivity contribution < 1.29 is 9.18 Å². The van der Waals surface area contributed by atoms with E-state index in [1.807, 2.05) is 18.2 Å². The lowest BCUT2D eigenvalue weighted by molar-refractivity contribution is 0.0980. The van der Waals surface area contributed by atoms with Gasteiger partial charge in [-0.15, -0.1) is 0 Å². The van der Waals surface area contributed by atoms with Crippen molar-refractivity contribution in [1.82, 2.24) is 9.97 Å². The van der Waals surface area contributed by atoms with E-state index in [1.54, 1.807) is 23.1 Å². The second-order valence-electron chi connectivity index (χ2n) is 6.46. The van der Waals surface area contributed by atoms with Gasteiger partial charge in [0.05, 0.1) is 0 Å². The van der Waals surface area contributed by atoms with Gasteiger partial charge in [0.15, 0.2) is 0 Å². The molecule has 2 aromatic carbocycles. The first-order valence-electron chi connectivity index (χ1n) is 8.91. The van der Waals surface area contributed by atoms with Crippen LogP contribution in [0, 0.1) is 5.82 Å². The summed E-state index contributed by atoms with van der Waals surface area (Å²) in [5.41, 5.74) is 3.41. The standard InChI is InChI=1S/C21H19FN4O/c22-17-9-7-15(8-10-17)13-23-20-12-18(24-14-25-20)21(27)26-11-3-5-16-4-1-2-6-19(16)26/h1-2,4,6-10,12,14H,3,5,11,13H2,(H,23,24,25). The second kappa shape index (κ2) is 7.53. The fourth-order valence-electron chi connectivity index (χ4n) is 3.25. The van der Waals surface area contributed by atoms with Crippen molar-refractivity contribution in [3.05, 3.63) is 83.6 Å². The number of hydrogen-bond acceptors (Lipinski definition) is 4. The summed E-state index contributed by atoms with van der Waals surface area (Å²) in [6.07, 6.45) is 3.30. The lowest BCUT2D eigenvalue weighted by Crippen LogP contribution is -2.36. The highest BCUT2D eigenvalue weighted by molar-refractivity contribution is 6.05. The van der Waals surface area contributed by atoms with Crippen molar-refractivity contribution >= 4 is 17.4 Å². The quantitative estimate of drug-likeness (QED) is 0.767. The highest BCUT2D eigenvalue weighted by Gasteiger charge is 2.24. The van der Waals surface area contributed by atoms with Crippen molar-refractivity contribution in [3.63, 3.8) is 0 Å². The van der Waals surface area contributed by atoms with Gasteiger partial charge >= 0.3 is 0 Å². The minimum atomic E-state index is -0.268. The number of halogens is 1. The molecule has 1 amide bonds. The molecule has 1 aliphatic rings. The molecule has 0 bridgehead atoms. The molecule has 0 saturated heterocycles. The Hall–Kier alpha value is -3.28. The number of carbonyl (C=O) groups excluding carboxylic acids is 1. The predicted molar refractivity (Wildman–Crippen MR) is 102 cm³/mol. The summed E-state index contributed by atoms with van der Waals surface area (Å²) in [6, 6.07) is 15.9. The van der Waals surface area contributed by atoms with Crippen LogP contribution in [-0.2, 0) is 13.0 Å². The molecule has 1 aliphatic heterocycles. The van der Waals surface area contributed by atoms with Crippen LogP contribution in [-0.4, -0.2) is 22.4 Å². The van der Waals surface area contributed by atoms with Gasteiger partial charge in [0, 0.05) is 24.8 Å². The summed E-state index contributed by atoms with van der Waals surface area (Å²) < 4.78 is 13.0. The molecule has 0 radical (unpaired) electrons. The number of benzene rings is 2. The van der Waals surface area contributed by atoms with Crippen LogP contribution < -0.4 is 10.2 Å². The van der Waals surface area contributed by atoms with E-state index >= 15 is 0 Å². The molecule has 1 aromatic heterocycles. The molecule has 0 fully saturated rings. The van der Waals surface area contributed by atoms with E-state index in [-0.39, 0.29) is 11.7 Å². The normalized spacial score (nSPS) is 13.1. The Morgan fingerprint density at radius 3 is 2.78 bits per heavy atom. The highest BCUT2D eigenvalue weighted by Crippen LogP contribution is 2.28. The fourth-order valence-corrected chi connectivity index (χ4v) is 3.25. The number of carbonyl (C=O) groups is 1. The van der Waals surface area contributed by atoms with Gasteiger partial charge in [0.2, 0.25) is 0 Å². The number of amides is 1. The van der Waals surface area contributed by atoms with E-state index in [4.69, 9.17) is 0 Å². The van der Waals surface area contributed by atoms with Crippen LogP contribution in [0.2, 0.25) is 0 Å². The van der Waals surface area contributed by atoms with E-state index in [0.29, 0.717) is 24.6 Å². The van der Waals surface area contributed by atoms with E-state index in [1.165, 1.54) is 24.0 Å². The maximum Gasteiger partial charge on any atom is 0.277 e. The van der Waals surface area contributed by atoms with Crippen molar-refractivity contribution in [2.24, 2.45) is 0 Å². The number of fused-ring (bicyclic) bond motifs is 1. The summed E-state index contributed by atoms with van der Waals surface area (Å²) >= 11 is 0. The van der Waals surface area contributed by atoms with E-state index < -0.39 is 0 Å². The zero-order valence-electron chi connectivity index (χ0n) is 14.7. The number of para-hydroxylation sites is 1. The topological polar surface area (TPSA) is 58.1 Å². The van der Waals surface area contributed by atoms with Crippen LogP contribution in [0.4, 0.5) is 15.9 Å². The summed E-state index contributed by atoms with van der Waals surface area (Å²) in [6.45, 7) is 1.16. The number of nitrogens with one attached hydrogen (secondary N) is 1. The zero-order chi connectivity index (χ0) is 18.6. The first-order chi connectivity index (χ1) is 13.2. The van der Waals surface area contributed by atoms with Crippen LogP contribution in [0.3, 0.4) is 0 Å². The summed E-state index contributed by atoms with van der Waals surface area (Å²) in [5, 5.41) is 3.15. The molecule has 0 unspecified atom stereocenters. The summed E-state index contributed by atoms with van der Waals surface area (Å²) in [5.74, 6) is 0.160. The van der Waals surface area contributed by atoms with Gasteiger partial charge in [-0.2, -0.15) is 0 Å². The van der Waals surface area contributed by atoms with Gasteiger partial charge in [-0.25, -0.2) is 14.4 Å². The lowest BCUT2D eigenvalue weighted by Gasteiger charge is -2.29. The molecular weight excluding hydrogens is 343 g/mol. The molecule has 1 N–H and O–H groups in total. The first-order valence-corrected chi connectivity index (χ1v) is 8.91. The Kier molecular flexibility index (Phi) is 4.78. The van der Waals surface area contributed by atoms with E-state index in [0.717, 1.165) is 24.1 Å².